The van der Waals surface area contributed by atoms with Crippen LogP contribution in [0.3, 0.4) is 0 Å². The van der Waals surface area contributed by atoms with E-state index in [-0.39, 0.29) is 0 Å². The molecule has 8 heteroatoms. The summed E-state index contributed by atoms with van der Waals surface area (Å²) in [6.07, 6.45) is 0. The Labute approximate surface area is 114 Å². The second kappa shape index (κ2) is 5.49. The van der Waals surface area contributed by atoms with Crippen LogP contribution in [0, 0.1) is 6.92 Å². The summed E-state index contributed by atoms with van der Waals surface area (Å²) in [6.45, 7) is 1.87. The van der Waals surface area contributed by atoms with E-state index < -0.39 is 0 Å². The Morgan fingerprint density at radius 1 is 1.28 bits per heavy atom. The number of nitrogens with zero attached hydrogens (tertiary/aromatic N) is 5. The molecule has 96 valence electrons. The fourth-order valence-electron chi connectivity index (χ4n) is 1.23. The fraction of sp³-hybridized carbons (Fsp3) is 0.400. The van der Waals surface area contributed by atoms with Gasteiger partial charge in [-0.3, -0.25) is 0 Å². The van der Waals surface area contributed by atoms with Gasteiger partial charge in [0.2, 0.25) is 5.13 Å². The van der Waals surface area contributed by atoms with E-state index in [0.29, 0.717) is 0 Å². The van der Waals surface area contributed by atoms with Crippen LogP contribution in [0.4, 0.5) is 10.9 Å². The third kappa shape index (κ3) is 3.08. The zero-order valence-corrected chi connectivity index (χ0v) is 12.3. The number of anilines is 2. The topological polar surface area (TPSA) is 66.8 Å². The van der Waals surface area contributed by atoms with E-state index in [0.717, 1.165) is 26.1 Å². The Kier molecular flexibility index (Phi) is 3.97. The van der Waals surface area contributed by atoms with Crippen molar-refractivity contribution in [3.05, 3.63) is 11.9 Å². The van der Waals surface area contributed by atoms with Crippen molar-refractivity contribution < 1.29 is 0 Å². The summed E-state index contributed by atoms with van der Waals surface area (Å²) < 4.78 is 0.874. The van der Waals surface area contributed by atoms with Crippen molar-refractivity contribution in [1.82, 2.24) is 20.2 Å². The lowest BCUT2D eigenvalue weighted by atomic mass is 10.5. The number of hydrogen-bond acceptors (Lipinski definition) is 8. The highest BCUT2D eigenvalue weighted by Crippen LogP contribution is 2.32. The van der Waals surface area contributed by atoms with E-state index in [2.05, 4.69) is 25.5 Å². The quantitative estimate of drug-likeness (QED) is 0.859. The van der Waals surface area contributed by atoms with E-state index in [4.69, 9.17) is 0 Å². The molecule has 0 aliphatic heterocycles. The predicted molar refractivity (Wildman–Crippen MR) is 74.7 cm³/mol. The van der Waals surface area contributed by atoms with Gasteiger partial charge >= 0.3 is 0 Å². The Morgan fingerprint density at radius 2 is 2.06 bits per heavy atom. The van der Waals surface area contributed by atoms with E-state index in [9.17, 15) is 0 Å². The average Bonchev–Trinajstić information content (AvgIpc) is 2.76. The summed E-state index contributed by atoms with van der Waals surface area (Å²) >= 11 is 3.04. The smallest absolute Gasteiger partial charge is 0.208 e. The summed E-state index contributed by atoms with van der Waals surface area (Å²) in [6, 6.07) is 1.90. The Bertz CT molecular complexity index is 539. The number of nitrogens with one attached hydrogen (secondary N) is 1. The lowest BCUT2D eigenvalue weighted by molar-refractivity contribution is 0.953. The normalized spacial score (nSPS) is 10.4. The van der Waals surface area contributed by atoms with Gasteiger partial charge < -0.3 is 10.2 Å². The lowest BCUT2D eigenvalue weighted by Gasteiger charge is -2.04. The van der Waals surface area contributed by atoms with Crippen molar-refractivity contribution in [1.29, 1.82) is 0 Å². The van der Waals surface area contributed by atoms with Crippen LogP contribution in [0.5, 0.6) is 0 Å². The average molecular weight is 282 g/mol. The largest absolute Gasteiger partial charge is 0.373 e. The first-order valence-electron chi connectivity index (χ1n) is 5.30. The van der Waals surface area contributed by atoms with Crippen LogP contribution in [0.25, 0.3) is 0 Å². The van der Waals surface area contributed by atoms with Crippen molar-refractivity contribution >= 4 is 34.0 Å². The minimum absolute atomic E-state index is 0.738. The van der Waals surface area contributed by atoms with Crippen molar-refractivity contribution in [2.45, 2.75) is 16.3 Å². The molecular formula is C10H14N6S2. The first-order chi connectivity index (χ1) is 8.58. The number of aryl methyl sites for hydroxylation is 1. The fourth-order valence-corrected chi connectivity index (χ4v) is 2.99. The van der Waals surface area contributed by atoms with Crippen LogP contribution in [0.1, 0.15) is 5.82 Å². The highest BCUT2D eigenvalue weighted by molar-refractivity contribution is 8.01. The van der Waals surface area contributed by atoms with Crippen LogP contribution in [-0.2, 0) is 0 Å². The van der Waals surface area contributed by atoms with Gasteiger partial charge in [-0.1, -0.05) is 11.3 Å². The van der Waals surface area contributed by atoms with Crippen molar-refractivity contribution in [3.8, 4) is 0 Å². The lowest BCUT2D eigenvalue weighted by Crippen LogP contribution is -2.07. The summed E-state index contributed by atoms with van der Waals surface area (Å²) in [7, 11) is 5.73. The van der Waals surface area contributed by atoms with Crippen LogP contribution >= 0.6 is 23.1 Å². The summed E-state index contributed by atoms with van der Waals surface area (Å²) in [5.74, 6) is 1.55. The molecule has 6 nitrogen and oxygen atoms in total. The molecule has 0 amide bonds. The van der Waals surface area contributed by atoms with Gasteiger partial charge in [-0.25, -0.2) is 9.97 Å². The Morgan fingerprint density at radius 3 is 2.67 bits per heavy atom. The van der Waals surface area contributed by atoms with Gasteiger partial charge in [0.15, 0.2) is 4.34 Å². The molecular weight excluding hydrogens is 268 g/mol. The summed E-state index contributed by atoms with van der Waals surface area (Å²) in [5.41, 5.74) is 0. The SMILES string of the molecule is CNc1cc(Sc2nnc(N(C)C)s2)nc(C)n1. The number of aromatic nitrogens is 4. The minimum atomic E-state index is 0.738. The van der Waals surface area contributed by atoms with Crippen molar-refractivity contribution in [2.24, 2.45) is 0 Å². The van der Waals surface area contributed by atoms with Gasteiger partial charge in [0.1, 0.15) is 16.7 Å². The first kappa shape index (κ1) is 13.0. The van der Waals surface area contributed by atoms with Gasteiger partial charge in [-0.2, -0.15) is 0 Å². The second-order valence-corrected chi connectivity index (χ2v) is 5.96. The second-order valence-electron chi connectivity index (χ2n) is 3.74. The van der Waals surface area contributed by atoms with Crippen molar-refractivity contribution in [3.63, 3.8) is 0 Å². The Hall–Kier alpha value is -1.41. The maximum Gasteiger partial charge on any atom is 0.208 e. The van der Waals surface area contributed by atoms with E-state index >= 15 is 0 Å². The zero-order chi connectivity index (χ0) is 13.1. The molecule has 2 heterocycles. The molecule has 0 fully saturated rings. The van der Waals surface area contributed by atoms with Gasteiger partial charge in [-0.15, -0.1) is 10.2 Å². The van der Waals surface area contributed by atoms with Gasteiger partial charge in [0.05, 0.1) is 0 Å². The van der Waals surface area contributed by atoms with Crippen LogP contribution in [0.2, 0.25) is 0 Å². The minimum Gasteiger partial charge on any atom is -0.373 e. The molecule has 0 spiro atoms. The van der Waals surface area contributed by atoms with Crippen LogP contribution in [-0.4, -0.2) is 41.3 Å². The van der Waals surface area contributed by atoms with E-state index in [1.165, 1.54) is 11.8 Å². The molecule has 0 saturated carbocycles. The summed E-state index contributed by atoms with van der Waals surface area (Å²) in [4.78, 5) is 10.6. The van der Waals surface area contributed by atoms with E-state index in [1.54, 1.807) is 11.3 Å². The summed E-state index contributed by atoms with van der Waals surface area (Å²) in [5, 5.41) is 13.0. The molecule has 0 atom stereocenters. The molecule has 1 N–H and O–H groups in total. The first-order valence-corrected chi connectivity index (χ1v) is 6.94. The molecule has 0 aliphatic carbocycles. The maximum atomic E-state index is 4.37. The molecule has 0 radical (unpaired) electrons. The molecule has 0 unspecified atom stereocenters. The number of rotatable bonds is 4. The van der Waals surface area contributed by atoms with Gasteiger partial charge in [0.25, 0.3) is 0 Å². The monoisotopic (exact) mass is 282 g/mol. The molecule has 2 aromatic heterocycles. The molecule has 0 aromatic carbocycles. The van der Waals surface area contributed by atoms with Gasteiger partial charge in [-0.05, 0) is 18.7 Å². The molecule has 0 saturated heterocycles. The zero-order valence-electron chi connectivity index (χ0n) is 10.6. The molecule has 2 rings (SSSR count). The molecule has 0 aliphatic rings. The van der Waals surface area contributed by atoms with E-state index in [1.807, 2.05) is 39.0 Å². The highest BCUT2D eigenvalue weighted by Gasteiger charge is 2.09. The third-order valence-electron chi connectivity index (χ3n) is 2.04. The number of hydrogen-bond donors (Lipinski definition) is 1. The Balaban J connectivity index is 2.19. The maximum absolute atomic E-state index is 4.37. The predicted octanol–water partition coefficient (Wildman–Crippen LogP) is 1.90. The van der Waals surface area contributed by atoms with Crippen LogP contribution < -0.4 is 10.2 Å². The third-order valence-corrected chi connectivity index (χ3v) is 4.10. The van der Waals surface area contributed by atoms with Gasteiger partial charge in [0, 0.05) is 27.2 Å². The van der Waals surface area contributed by atoms with Crippen LogP contribution in [0.15, 0.2) is 15.4 Å². The highest BCUT2D eigenvalue weighted by atomic mass is 32.2. The standard InChI is InChI=1S/C10H14N6S2/c1-6-12-7(11-2)5-8(13-6)17-10-15-14-9(18-10)16(3)4/h5H,1-4H3,(H,11,12,13). The molecule has 18 heavy (non-hydrogen) atoms. The van der Waals surface area contributed by atoms with Crippen molar-refractivity contribution in [2.75, 3.05) is 31.4 Å². The molecule has 2 aromatic rings. The molecule has 0 bridgehead atoms.